The Kier molecular flexibility index (Phi) is 6.37. The number of anilines is 1. The minimum atomic E-state index is -0.271. The number of rotatable bonds is 2. The molecule has 0 aromatic heterocycles. The molecule has 3 nitrogen and oxygen atoms in total. The van der Waals surface area contributed by atoms with Crippen LogP contribution in [-0.2, 0) is 0 Å². The standard InChI is InChI=1S/C22H15BrN2OS/c23-19-14-12-18(13-15-19)21(26)25-22(27)24-20-9-5-4-8-17(20)11-10-16-6-2-1-3-7-16/h1-9,12-15H,(H2,24,25,26,27). The largest absolute Gasteiger partial charge is 0.331 e. The van der Waals surface area contributed by atoms with Gasteiger partial charge in [0.25, 0.3) is 5.91 Å². The van der Waals surface area contributed by atoms with Gasteiger partial charge in [-0.25, -0.2) is 0 Å². The SMILES string of the molecule is O=C(NC(=S)Nc1ccccc1C#Cc1ccccc1)c1ccc(Br)cc1. The Bertz CT molecular complexity index is 1020. The molecule has 1 amide bonds. The lowest BCUT2D eigenvalue weighted by Crippen LogP contribution is -2.34. The molecule has 0 spiro atoms. The molecular weight excluding hydrogens is 420 g/mol. The normalized spacial score (nSPS) is 9.67. The number of benzene rings is 3. The van der Waals surface area contributed by atoms with Gasteiger partial charge < -0.3 is 5.32 Å². The Morgan fingerprint density at radius 2 is 1.52 bits per heavy atom. The van der Waals surface area contributed by atoms with Crippen LogP contribution in [0.2, 0.25) is 0 Å². The average Bonchev–Trinajstić information content (AvgIpc) is 2.68. The molecule has 0 heterocycles. The van der Waals surface area contributed by atoms with Crippen molar-refractivity contribution in [2.45, 2.75) is 0 Å². The van der Waals surface area contributed by atoms with Crippen molar-refractivity contribution in [3.63, 3.8) is 0 Å². The molecule has 3 aromatic carbocycles. The smallest absolute Gasteiger partial charge is 0.257 e. The van der Waals surface area contributed by atoms with Crippen LogP contribution < -0.4 is 10.6 Å². The minimum absolute atomic E-state index is 0.219. The van der Waals surface area contributed by atoms with Crippen molar-refractivity contribution in [2.24, 2.45) is 0 Å². The van der Waals surface area contributed by atoms with Crippen LogP contribution in [0.1, 0.15) is 21.5 Å². The van der Waals surface area contributed by atoms with Gasteiger partial charge in [0.2, 0.25) is 0 Å². The summed E-state index contributed by atoms with van der Waals surface area (Å²) in [7, 11) is 0. The molecule has 3 aromatic rings. The molecule has 0 unspecified atom stereocenters. The molecule has 3 rings (SSSR count). The predicted molar refractivity (Wildman–Crippen MR) is 117 cm³/mol. The van der Waals surface area contributed by atoms with Crippen LogP contribution in [0, 0.1) is 11.8 Å². The first kappa shape index (κ1) is 18.8. The molecule has 0 fully saturated rings. The Labute approximate surface area is 171 Å². The molecule has 132 valence electrons. The zero-order valence-electron chi connectivity index (χ0n) is 14.2. The highest BCUT2D eigenvalue weighted by atomic mass is 79.9. The topological polar surface area (TPSA) is 41.1 Å². The van der Waals surface area contributed by atoms with E-state index in [0.717, 1.165) is 21.3 Å². The third-order valence-electron chi connectivity index (χ3n) is 3.62. The number of carbonyl (C=O) groups excluding carboxylic acids is 1. The molecule has 0 atom stereocenters. The van der Waals surface area contributed by atoms with E-state index in [1.54, 1.807) is 24.3 Å². The maximum Gasteiger partial charge on any atom is 0.257 e. The number of amides is 1. The fraction of sp³-hybridized carbons (Fsp3) is 0. The number of hydrogen-bond donors (Lipinski definition) is 2. The second-order valence-corrected chi connectivity index (χ2v) is 6.90. The van der Waals surface area contributed by atoms with Crippen LogP contribution in [0.4, 0.5) is 5.69 Å². The van der Waals surface area contributed by atoms with Gasteiger partial charge in [-0.15, -0.1) is 0 Å². The number of carbonyl (C=O) groups is 1. The van der Waals surface area contributed by atoms with Crippen LogP contribution in [0.5, 0.6) is 0 Å². The van der Waals surface area contributed by atoms with E-state index in [1.165, 1.54) is 0 Å². The van der Waals surface area contributed by atoms with E-state index in [0.29, 0.717) is 5.56 Å². The molecule has 27 heavy (non-hydrogen) atoms. The summed E-state index contributed by atoms with van der Waals surface area (Å²) >= 11 is 8.62. The van der Waals surface area contributed by atoms with Gasteiger partial charge in [0.05, 0.1) is 5.69 Å². The summed E-state index contributed by atoms with van der Waals surface area (Å²) < 4.78 is 0.908. The lowest BCUT2D eigenvalue weighted by Gasteiger charge is -2.11. The van der Waals surface area contributed by atoms with E-state index >= 15 is 0 Å². The first-order valence-corrected chi connectivity index (χ1v) is 9.36. The third kappa shape index (κ3) is 5.52. The molecule has 0 saturated heterocycles. The van der Waals surface area contributed by atoms with E-state index in [4.69, 9.17) is 12.2 Å². The Hall–Kier alpha value is -2.94. The zero-order valence-corrected chi connectivity index (χ0v) is 16.6. The van der Waals surface area contributed by atoms with Crippen molar-refractivity contribution in [2.75, 3.05) is 5.32 Å². The first-order chi connectivity index (χ1) is 13.1. The van der Waals surface area contributed by atoms with Gasteiger partial charge >= 0.3 is 0 Å². The molecular formula is C22H15BrN2OS. The van der Waals surface area contributed by atoms with Crippen molar-refractivity contribution >= 4 is 44.9 Å². The van der Waals surface area contributed by atoms with Gasteiger partial charge in [-0.2, -0.15) is 0 Å². The third-order valence-corrected chi connectivity index (χ3v) is 4.36. The summed E-state index contributed by atoms with van der Waals surface area (Å²) in [6.45, 7) is 0. The summed E-state index contributed by atoms with van der Waals surface area (Å²) in [6.07, 6.45) is 0. The second kappa shape index (κ2) is 9.13. The predicted octanol–water partition coefficient (Wildman–Crippen LogP) is 4.98. The van der Waals surface area contributed by atoms with E-state index < -0.39 is 0 Å². The first-order valence-electron chi connectivity index (χ1n) is 8.16. The molecule has 2 N–H and O–H groups in total. The molecule has 5 heteroatoms. The van der Waals surface area contributed by atoms with Gasteiger partial charge in [-0.3, -0.25) is 10.1 Å². The van der Waals surface area contributed by atoms with Crippen LogP contribution in [0.25, 0.3) is 0 Å². The van der Waals surface area contributed by atoms with E-state index in [-0.39, 0.29) is 11.0 Å². The molecule has 0 radical (unpaired) electrons. The van der Waals surface area contributed by atoms with Crippen LogP contribution in [-0.4, -0.2) is 11.0 Å². The lowest BCUT2D eigenvalue weighted by atomic mass is 10.1. The molecule has 0 aliphatic rings. The molecule has 0 aliphatic carbocycles. The van der Waals surface area contributed by atoms with Crippen LogP contribution >= 0.6 is 28.1 Å². The van der Waals surface area contributed by atoms with Crippen LogP contribution in [0.3, 0.4) is 0 Å². The minimum Gasteiger partial charge on any atom is -0.331 e. The van der Waals surface area contributed by atoms with Gasteiger partial charge in [0, 0.05) is 21.2 Å². The Morgan fingerprint density at radius 1 is 0.852 bits per heavy atom. The summed E-state index contributed by atoms with van der Waals surface area (Å²) in [6, 6.07) is 24.4. The number of halogens is 1. The molecule has 0 aliphatic heterocycles. The fourth-order valence-corrected chi connectivity index (χ4v) is 2.76. The van der Waals surface area contributed by atoms with Gasteiger partial charge in [0.1, 0.15) is 0 Å². The molecule has 0 bridgehead atoms. The Morgan fingerprint density at radius 3 is 2.26 bits per heavy atom. The number of para-hydroxylation sites is 1. The van der Waals surface area contributed by atoms with Crippen molar-refractivity contribution in [1.82, 2.24) is 5.32 Å². The Balaban J connectivity index is 1.70. The number of nitrogens with one attached hydrogen (secondary N) is 2. The number of thiocarbonyl (C=S) groups is 1. The van der Waals surface area contributed by atoms with Crippen molar-refractivity contribution in [3.8, 4) is 11.8 Å². The number of hydrogen-bond acceptors (Lipinski definition) is 2. The highest BCUT2D eigenvalue weighted by molar-refractivity contribution is 9.10. The van der Waals surface area contributed by atoms with E-state index in [9.17, 15) is 4.79 Å². The van der Waals surface area contributed by atoms with E-state index in [2.05, 4.69) is 38.4 Å². The monoisotopic (exact) mass is 434 g/mol. The molecule has 0 saturated carbocycles. The zero-order chi connectivity index (χ0) is 19.1. The van der Waals surface area contributed by atoms with Gasteiger partial charge in [-0.05, 0) is 60.7 Å². The average molecular weight is 435 g/mol. The summed E-state index contributed by atoms with van der Waals surface area (Å²) in [5.74, 6) is 5.99. The van der Waals surface area contributed by atoms with Crippen molar-refractivity contribution < 1.29 is 4.79 Å². The van der Waals surface area contributed by atoms with Crippen molar-refractivity contribution in [3.05, 3.63) is 100 Å². The maximum atomic E-state index is 12.3. The quantitative estimate of drug-likeness (QED) is 0.441. The lowest BCUT2D eigenvalue weighted by molar-refractivity contribution is 0.0977. The highest BCUT2D eigenvalue weighted by Crippen LogP contribution is 2.14. The summed E-state index contributed by atoms with van der Waals surface area (Å²) in [4.78, 5) is 12.3. The van der Waals surface area contributed by atoms with E-state index in [1.807, 2.05) is 54.6 Å². The highest BCUT2D eigenvalue weighted by Gasteiger charge is 2.09. The van der Waals surface area contributed by atoms with Gasteiger partial charge in [0.15, 0.2) is 5.11 Å². The summed E-state index contributed by atoms with van der Waals surface area (Å²) in [5.41, 5.74) is 2.99. The second-order valence-electron chi connectivity index (χ2n) is 5.58. The summed E-state index contributed by atoms with van der Waals surface area (Å²) in [5, 5.41) is 5.95. The fourth-order valence-electron chi connectivity index (χ4n) is 2.29. The maximum absolute atomic E-state index is 12.3. The van der Waals surface area contributed by atoms with Crippen LogP contribution in [0.15, 0.2) is 83.3 Å². The van der Waals surface area contributed by atoms with Gasteiger partial charge in [-0.1, -0.05) is 58.1 Å². The van der Waals surface area contributed by atoms with Crippen molar-refractivity contribution in [1.29, 1.82) is 0 Å².